The lowest BCUT2D eigenvalue weighted by Gasteiger charge is -2.00. The van der Waals surface area contributed by atoms with Gasteiger partial charge in [0.05, 0.1) is 0 Å². The van der Waals surface area contributed by atoms with Crippen LogP contribution in [0.1, 0.15) is 5.56 Å². The minimum atomic E-state index is 0.434. The number of hydrogen-bond acceptors (Lipinski definition) is 4. The van der Waals surface area contributed by atoms with Gasteiger partial charge in [-0.25, -0.2) is 0 Å². The quantitative estimate of drug-likeness (QED) is 0.724. The molecular formula is C15H12ClN3O. The van der Waals surface area contributed by atoms with Crippen LogP contribution in [0.25, 0.3) is 22.8 Å². The topological polar surface area (TPSA) is 64.9 Å². The molecule has 100 valence electrons. The predicted octanol–water partition coefficient (Wildman–Crippen LogP) is 3.95. The van der Waals surface area contributed by atoms with E-state index in [0.29, 0.717) is 22.4 Å². The van der Waals surface area contributed by atoms with Gasteiger partial charge in [-0.05, 0) is 36.8 Å². The van der Waals surface area contributed by atoms with E-state index in [1.54, 1.807) is 6.07 Å². The van der Waals surface area contributed by atoms with Gasteiger partial charge in [-0.15, -0.1) is 0 Å². The molecule has 0 saturated heterocycles. The fraction of sp³-hybridized carbons (Fsp3) is 0.0667. The van der Waals surface area contributed by atoms with Gasteiger partial charge in [-0.3, -0.25) is 0 Å². The molecule has 0 aliphatic heterocycles. The first-order chi connectivity index (χ1) is 9.65. The van der Waals surface area contributed by atoms with Crippen molar-refractivity contribution in [3.05, 3.63) is 53.1 Å². The summed E-state index contributed by atoms with van der Waals surface area (Å²) in [7, 11) is 0. The number of para-hydroxylation sites is 1. The molecule has 0 aliphatic rings. The third-order valence-electron chi connectivity index (χ3n) is 3.06. The summed E-state index contributed by atoms with van der Waals surface area (Å²) in [5, 5.41) is 4.61. The van der Waals surface area contributed by atoms with Crippen LogP contribution >= 0.6 is 11.6 Å². The Kier molecular flexibility index (Phi) is 3.16. The van der Waals surface area contributed by atoms with Gasteiger partial charge in [0.25, 0.3) is 5.89 Å². The molecule has 0 spiro atoms. The summed E-state index contributed by atoms with van der Waals surface area (Å²) in [6.07, 6.45) is 0. The Morgan fingerprint density at radius 1 is 1.10 bits per heavy atom. The largest absolute Gasteiger partial charge is 0.398 e. The average molecular weight is 286 g/mol. The molecular weight excluding hydrogens is 274 g/mol. The number of hydrogen-bond donors (Lipinski definition) is 1. The Morgan fingerprint density at radius 3 is 2.70 bits per heavy atom. The van der Waals surface area contributed by atoms with Gasteiger partial charge in [0, 0.05) is 21.8 Å². The van der Waals surface area contributed by atoms with Gasteiger partial charge in [0.1, 0.15) is 0 Å². The van der Waals surface area contributed by atoms with E-state index in [0.717, 1.165) is 16.7 Å². The monoisotopic (exact) mass is 285 g/mol. The van der Waals surface area contributed by atoms with Gasteiger partial charge in [-0.1, -0.05) is 35.0 Å². The van der Waals surface area contributed by atoms with E-state index in [2.05, 4.69) is 10.1 Å². The van der Waals surface area contributed by atoms with Crippen LogP contribution in [-0.2, 0) is 0 Å². The van der Waals surface area contributed by atoms with Crippen molar-refractivity contribution in [2.24, 2.45) is 0 Å². The standard InChI is InChI=1S/C15H12ClN3O/c1-9-6-7-10(16)8-12(9)15-18-14(19-20-15)11-4-2-3-5-13(11)17/h2-8H,17H2,1H3. The van der Waals surface area contributed by atoms with Crippen LogP contribution in [0, 0.1) is 6.92 Å². The third-order valence-corrected chi connectivity index (χ3v) is 3.29. The predicted molar refractivity (Wildman–Crippen MR) is 79.3 cm³/mol. The molecule has 4 nitrogen and oxygen atoms in total. The molecule has 0 saturated carbocycles. The van der Waals surface area contributed by atoms with Gasteiger partial charge >= 0.3 is 0 Å². The highest BCUT2D eigenvalue weighted by atomic mass is 35.5. The van der Waals surface area contributed by atoms with Crippen LogP contribution in [0.3, 0.4) is 0 Å². The number of halogens is 1. The molecule has 0 aliphatic carbocycles. The fourth-order valence-corrected chi connectivity index (χ4v) is 2.14. The summed E-state index contributed by atoms with van der Waals surface area (Å²) in [4.78, 5) is 4.40. The molecule has 0 amide bonds. The number of nitrogens with two attached hydrogens (primary N) is 1. The van der Waals surface area contributed by atoms with Crippen LogP contribution in [0.15, 0.2) is 47.0 Å². The second-order valence-electron chi connectivity index (χ2n) is 4.47. The third kappa shape index (κ3) is 2.26. The highest BCUT2D eigenvalue weighted by Gasteiger charge is 2.14. The number of anilines is 1. The maximum atomic E-state index is 6.01. The highest BCUT2D eigenvalue weighted by molar-refractivity contribution is 6.30. The summed E-state index contributed by atoms with van der Waals surface area (Å²) in [6, 6.07) is 13.0. The van der Waals surface area contributed by atoms with Crippen molar-refractivity contribution in [3.8, 4) is 22.8 Å². The zero-order valence-electron chi connectivity index (χ0n) is 10.8. The van der Waals surface area contributed by atoms with Gasteiger partial charge in [-0.2, -0.15) is 4.98 Å². The van der Waals surface area contributed by atoms with Crippen molar-refractivity contribution in [2.45, 2.75) is 6.92 Å². The van der Waals surface area contributed by atoms with Crippen molar-refractivity contribution in [1.29, 1.82) is 0 Å². The molecule has 1 heterocycles. The first kappa shape index (κ1) is 12.7. The second kappa shape index (κ2) is 4.98. The van der Waals surface area contributed by atoms with Crippen LogP contribution in [0.5, 0.6) is 0 Å². The van der Waals surface area contributed by atoms with E-state index in [1.165, 1.54) is 0 Å². The van der Waals surface area contributed by atoms with E-state index in [1.807, 2.05) is 43.3 Å². The molecule has 5 heteroatoms. The van der Waals surface area contributed by atoms with Gasteiger partial charge in [0.15, 0.2) is 0 Å². The van der Waals surface area contributed by atoms with Crippen molar-refractivity contribution in [1.82, 2.24) is 10.1 Å². The summed E-state index contributed by atoms with van der Waals surface area (Å²) in [6.45, 7) is 1.96. The molecule has 0 fully saturated rings. The molecule has 0 bridgehead atoms. The Balaban J connectivity index is 2.07. The normalized spacial score (nSPS) is 10.7. The Morgan fingerprint density at radius 2 is 1.90 bits per heavy atom. The van der Waals surface area contributed by atoms with E-state index in [-0.39, 0.29) is 0 Å². The van der Waals surface area contributed by atoms with Gasteiger partial charge in [0.2, 0.25) is 5.82 Å². The van der Waals surface area contributed by atoms with E-state index < -0.39 is 0 Å². The smallest absolute Gasteiger partial charge is 0.258 e. The van der Waals surface area contributed by atoms with Gasteiger partial charge < -0.3 is 10.3 Å². The first-order valence-electron chi connectivity index (χ1n) is 6.10. The summed E-state index contributed by atoms with van der Waals surface area (Å²) in [5.74, 6) is 0.903. The molecule has 20 heavy (non-hydrogen) atoms. The number of nitrogens with zero attached hydrogens (tertiary/aromatic N) is 2. The Labute approximate surface area is 121 Å². The average Bonchev–Trinajstić information content (AvgIpc) is 2.91. The minimum Gasteiger partial charge on any atom is -0.398 e. The van der Waals surface area contributed by atoms with Crippen LogP contribution < -0.4 is 5.73 Å². The lowest BCUT2D eigenvalue weighted by atomic mass is 10.1. The Hall–Kier alpha value is -2.33. The summed E-state index contributed by atoms with van der Waals surface area (Å²) < 4.78 is 5.32. The second-order valence-corrected chi connectivity index (χ2v) is 4.91. The number of rotatable bonds is 2. The fourth-order valence-electron chi connectivity index (χ4n) is 1.97. The minimum absolute atomic E-state index is 0.434. The molecule has 0 radical (unpaired) electrons. The maximum absolute atomic E-state index is 6.01. The maximum Gasteiger partial charge on any atom is 0.258 e. The number of nitrogen functional groups attached to an aromatic ring is 1. The number of aryl methyl sites for hydroxylation is 1. The Bertz CT molecular complexity index is 767. The lowest BCUT2D eigenvalue weighted by Crippen LogP contribution is -1.90. The highest BCUT2D eigenvalue weighted by Crippen LogP contribution is 2.29. The molecule has 2 N–H and O–H groups in total. The number of aromatic nitrogens is 2. The van der Waals surface area contributed by atoms with Crippen molar-refractivity contribution < 1.29 is 4.52 Å². The molecule has 0 unspecified atom stereocenters. The van der Waals surface area contributed by atoms with Crippen molar-refractivity contribution >= 4 is 17.3 Å². The summed E-state index contributed by atoms with van der Waals surface area (Å²) in [5.41, 5.74) is 9.12. The number of benzene rings is 2. The van der Waals surface area contributed by atoms with Crippen LogP contribution in [0.4, 0.5) is 5.69 Å². The zero-order valence-corrected chi connectivity index (χ0v) is 11.6. The van der Waals surface area contributed by atoms with E-state index in [4.69, 9.17) is 21.9 Å². The SMILES string of the molecule is Cc1ccc(Cl)cc1-c1nc(-c2ccccc2N)no1. The molecule has 1 aromatic heterocycles. The first-order valence-corrected chi connectivity index (χ1v) is 6.48. The van der Waals surface area contributed by atoms with Crippen LogP contribution in [-0.4, -0.2) is 10.1 Å². The van der Waals surface area contributed by atoms with E-state index >= 15 is 0 Å². The molecule has 2 aromatic carbocycles. The molecule has 3 aromatic rings. The van der Waals surface area contributed by atoms with E-state index in [9.17, 15) is 0 Å². The van der Waals surface area contributed by atoms with Crippen molar-refractivity contribution in [3.63, 3.8) is 0 Å². The molecule has 0 atom stereocenters. The van der Waals surface area contributed by atoms with Crippen molar-refractivity contribution in [2.75, 3.05) is 5.73 Å². The lowest BCUT2D eigenvalue weighted by molar-refractivity contribution is 0.432. The van der Waals surface area contributed by atoms with Crippen LogP contribution in [0.2, 0.25) is 5.02 Å². The zero-order chi connectivity index (χ0) is 14.1. The summed E-state index contributed by atoms with van der Waals surface area (Å²) >= 11 is 6.01. The molecule has 3 rings (SSSR count).